The number of nitrogens with one attached hydrogen (secondary N) is 1. The van der Waals surface area contributed by atoms with E-state index in [2.05, 4.69) is 0 Å². The maximum absolute atomic E-state index is 10.1. The second-order valence-corrected chi connectivity index (χ2v) is 5.65. The minimum absolute atomic E-state index is 0.570. The number of hydrogen-bond acceptors (Lipinski definition) is 3. The Labute approximate surface area is 59.3 Å². The largest absolute Gasteiger partial charge is 0.288 e. The van der Waals surface area contributed by atoms with Crippen molar-refractivity contribution in [1.29, 1.82) is 0 Å². The standard InChI is InChI=1S/C2H4INO3S/c1-2(5)4-8(3,6)7/h1H3,(H,4,5). The van der Waals surface area contributed by atoms with Gasteiger partial charge < -0.3 is 0 Å². The summed E-state index contributed by atoms with van der Waals surface area (Å²) in [6, 6.07) is 0. The zero-order chi connectivity index (χ0) is 6.78. The fourth-order valence-corrected chi connectivity index (χ4v) is 1.45. The Hall–Kier alpha value is 0.150. The van der Waals surface area contributed by atoms with Crippen LogP contribution in [0.5, 0.6) is 0 Å². The molecule has 0 aliphatic rings. The number of rotatable bonds is 1. The molecule has 48 valence electrons. The van der Waals surface area contributed by atoms with Gasteiger partial charge in [-0.25, -0.2) is 4.72 Å². The lowest BCUT2D eigenvalue weighted by Gasteiger charge is -1.91. The van der Waals surface area contributed by atoms with Crippen LogP contribution in [0.2, 0.25) is 0 Å². The van der Waals surface area contributed by atoms with Crippen LogP contribution in [-0.4, -0.2) is 14.3 Å². The predicted molar refractivity (Wildman–Crippen MR) is 36.8 cm³/mol. The normalized spacial score (nSPS) is 10.8. The summed E-state index contributed by atoms with van der Waals surface area (Å²) in [5.74, 6) is -0.570. The molecule has 0 bridgehead atoms. The second kappa shape index (κ2) is 2.62. The van der Waals surface area contributed by atoms with Gasteiger partial charge in [-0.05, 0) is 0 Å². The van der Waals surface area contributed by atoms with Gasteiger partial charge in [-0.2, -0.15) is 8.42 Å². The van der Waals surface area contributed by atoms with Crippen molar-refractivity contribution in [2.75, 3.05) is 0 Å². The molecule has 4 nitrogen and oxygen atoms in total. The van der Waals surface area contributed by atoms with E-state index < -0.39 is 13.1 Å². The van der Waals surface area contributed by atoms with Gasteiger partial charge in [0.2, 0.25) is 5.91 Å². The van der Waals surface area contributed by atoms with Crippen molar-refractivity contribution in [3.8, 4) is 0 Å². The first-order chi connectivity index (χ1) is 3.42. The molecule has 0 aliphatic heterocycles. The van der Waals surface area contributed by atoms with Crippen LogP contribution in [0.4, 0.5) is 0 Å². The molecule has 8 heavy (non-hydrogen) atoms. The molecule has 0 aromatic carbocycles. The van der Waals surface area contributed by atoms with Crippen molar-refractivity contribution in [1.82, 2.24) is 4.72 Å². The van der Waals surface area contributed by atoms with E-state index in [1.54, 1.807) is 4.72 Å². The van der Waals surface area contributed by atoms with Crippen molar-refractivity contribution in [3.63, 3.8) is 0 Å². The predicted octanol–water partition coefficient (Wildman–Crippen LogP) is -0.198. The van der Waals surface area contributed by atoms with E-state index in [9.17, 15) is 13.2 Å². The summed E-state index contributed by atoms with van der Waals surface area (Å²) in [7, 11) is -3.35. The maximum atomic E-state index is 10.1. The van der Waals surface area contributed by atoms with E-state index in [1.807, 2.05) is 0 Å². The van der Waals surface area contributed by atoms with Gasteiger partial charge in [-0.3, -0.25) is 4.79 Å². The summed E-state index contributed by atoms with van der Waals surface area (Å²) in [6.45, 7) is 1.14. The van der Waals surface area contributed by atoms with E-state index in [-0.39, 0.29) is 0 Å². The van der Waals surface area contributed by atoms with Gasteiger partial charge in [0.15, 0.2) is 0 Å². The summed E-state index contributed by atoms with van der Waals surface area (Å²) < 4.78 is 21.9. The highest BCUT2D eigenvalue weighted by molar-refractivity contribution is 14.2. The monoisotopic (exact) mass is 249 g/mol. The van der Waals surface area contributed by atoms with Crippen LogP contribution < -0.4 is 4.72 Å². The van der Waals surface area contributed by atoms with Crippen molar-refractivity contribution < 1.29 is 13.2 Å². The van der Waals surface area contributed by atoms with Gasteiger partial charge in [0.05, 0.1) is 21.2 Å². The van der Waals surface area contributed by atoms with Crippen LogP contribution >= 0.6 is 21.2 Å². The van der Waals surface area contributed by atoms with Crippen molar-refractivity contribution in [3.05, 3.63) is 0 Å². The minimum atomic E-state index is -3.35. The van der Waals surface area contributed by atoms with Crippen LogP contribution in [0.15, 0.2) is 0 Å². The van der Waals surface area contributed by atoms with Gasteiger partial charge in [-0.15, -0.1) is 0 Å². The Kier molecular flexibility index (Phi) is 2.67. The topological polar surface area (TPSA) is 63.2 Å². The van der Waals surface area contributed by atoms with Crippen LogP contribution in [0.25, 0.3) is 0 Å². The minimum Gasteiger partial charge on any atom is -0.274 e. The quantitative estimate of drug-likeness (QED) is 0.517. The van der Waals surface area contributed by atoms with E-state index in [4.69, 9.17) is 0 Å². The number of carbonyl (C=O) groups is 1. The fourth-order valence-electron chi connectivity index (χ4n) is 0.172. The van der Waals surface area contributed by atoms with Crippen LogP contribution in [0, 0.1) is 0 Å². The molecule has 0 radical (unpaired) electrons. The number of amides is 1. The van der Waals surface area contributed by atoms with E-state index in [0.29, 0.717) is 0 Å². The average Bonchev–Trinajstić information content (AvgIpc) is 1.21. The van der Waals surface area contributed by atoms with Gasteiger partial charge in [-0.1, -0.05) is 0 Å². The summed E-state index contributed by atoms with van der Waals surface area (Å²) in [6.07, 6.45) is 0. The third kappa shape index (κ3) is 6.15. The number of halogens is 1. The fraction of sp³-hybridized carbons (Fsp3) is 0.500. The van der Waals surface area contributed by atoms with Crippen molar-refractivity contribution >= 4 is 34.3 Å². The van der Waals surface area contributed by atoms with Crippen LogP contribution in [0.1, 0.15) is 6.92 Å². The molecule has 0 spiro atoms. The molecular formula is C2H4INO3S. The smallest absolute Gasteiger partial charge is 0.274 e. The molecule has 6 heteroatoms. The molecule has 0 unspecified atom stereocenters. The highest BCUT2D eigenvalue weighted by Gasteiger charge is 2.02. The molecule has 0 aliphatic carbocycles. The molecule has 1 N–H and O–H groups in total. The molecule has 0 saturated carbocycles. The lowest BCUT2D eigenvalue weighted by molar-refractivity contribution is -0.117. The van der Waals surface area contributed by atoms with Crippen molar-refractivity contribution in [2.24, 2.45) is 0 Å². The number of carbonyl (C=O) groups excluding carboxylic acids is 1. The Balaban J connectivity index is 3.95. The van der Waals surface area contributed by atoms with Gasteiger partial charge >= 0.3 is 0 Å². The van der Waals surface area contributed by atoms with Gasteiger partial charge in [0.25, 0.3) is 7.19 Å². The van der Waals surface area contributed by atoms with Gasteiger partial charge in [0.1, 0.15) is 0 Å². The molecule has 0 heterocycles. The molecule has 0 atom stereocenters. The average molecular weight is 249 g/mol. The highest BCUT2D eigenvalue weighted by Crippen LogP contribution is 1.93. The SMILES string of the molecule is CC(=O)NS(=O)(=O)I. The zero-order valence-corrected chi connectivity index (χ0v) is 6.98. The second-order valence-electron chi connectivity index (χ2n) is 1.10. The molecule has 0 fully saturated rings. The first-order valence-electron chi connectivity index (χ1n) is 1.65. The Morgan fingerprint density at radius 1 is 1.62 bits per heavy atom. The first-order valence-corrected chi connectivity index (χ1v) is 5.67. The molecule has 0 aromatic rings. The molecule has 0 saturated heterocycles. The summed E-state index contributed by atoms with van der Waals surface area (Å²) in [4.78, 5) is 9.96. The van der Waals surface area contributed by atoms with Gasteiger partial charge in [0, 0.05) is 6.92 Å². The summed E-state index contributed by atoms with van der Waals surface area (Å²) in [5, 5.41) is 0. The Morgan fingerprint density at radius 2 is 2.00 bits per heavy atom. The molecule has 1 amide bonds. The van der Waals surface area contributed by atoms with E-state index >= 15 is 0 Å². The maximum Gasteiger partial charge on any atom is 0.288 e. The molecular weight excluding hydrogens is 245 g/mol. The third-order valence-electron chi connectivity index (χ3n) is 0.266. The first kappa shape index (κ1) is 8.15. The molecule has 0 rings (SSSR count). The van der Waals surface area contributed by atoms with Crippen LogP contribution in [0.3, 0.4) is 0 Å². The lowest BCUT2D eigenvalue weighted by atomic mass is 10.8. The lowest BCUT2D eigenvalue weighted by Crippen LogP contribution is -2.22. The highest BCUT2D eigenvalue weighted by atomic mass is 127. The zero-order valence-electron chi connectivity index (χ0n) is 4.01. The Bertz CT molecular complexity index is 183. The van der Waals surface area contributed by atoms with Crippen molar-refractivity contribution in [2.45, 2.75) is 6.92 Å². The van der Waals surface area contributed by atoms with Crippen LogP contribution in [-0.2, 0) is 12.0 Å². The van der Waals surface area contributed by atoms with E-state index in [0.717, 1.165) is 28.1 Å². The third-order valence-corrected chi connectivity index (χ3v) is 1.46. The Morgan fingerprint density at radius 3 is 2.00 bits per heavy atom. The number of hydrogen-bond donors (Lipinski definition) is 1. The summed E-state index contributed by atoms with van der Waals surface area (Å²) in [5.41, 5.74) is 0. The summed E-state index contributed by atoms with van der Waals surface area (Å²) >= 11 is 1.13. The van der Waals surface area contributed by atoms with E-state index in [1.165, 1.54) is 0 Å². The molecule has 0 aromatic heterocycles.